The number of aryl methyl sites for hydroxylation is 1. The highest BCUT2D eigenvalue weighted by Crippen LogP contribution is 2.15. The molecule has 0 radical (unpaired) electrons. The summed E-state index contributed by atoms with van der Waals surface area (Å²) in [7, 11) is 0. The van der Waals surface area contributed by atoms with Gasteiger partial charge >= 0.3 is 0 Å². The molecule has 3 rings (SSSR count). The van der Waals surface area contributed by atoms with Crippen LogP contribution in [0, 0.1) is 6.92 Å². The van der Waals surface area contributed by atoms with Crippen molar-refractivity contribution in [2.45, 2.75) is 13.5 Å². The van der Waals surface area contributed by atoms with Crippen LogP contribution in [0.3, 0.4) is 0 Å². The molecule has 0 saturated carbocycles. The molecule has 2 heterocycles. The van der Waals surface area contributed by atoms with Crippen molar-refractivity contribution in [3.63, 3.8) is 0 Å². The summed E-state index contributed by atoms with van der Waals surface area (Å²) in [6.07, 6.45) is 1.87. The lowest BCUT2D eigenvalue weighted by molar-refractivity contribution is 0.294. The molecule has 0 unspecified atom stereocenters. The van der Waals surface area contributed by atoms with Gasteiger partial charge in [0.1, 0.15) is 12.4 Å². The molecule has 2 N–H and O–H groups in total. The first-order valence-electron chi connectivity index (χ1n) is 6.01. The molecule has 0 fully saturated rings. The van der Waals surface area contributed by atoms with Crippen LogP contribution in [0.2, 0.25) is 0 Å². The van der Waals surface area contributed by atoms with Crippen LogP contribution >= 0.6 is 0 Å². The van der Waals surface area contributed by atoms with Gasteiger partial charge in [-0.15, -0.1) is 10.2 Å². The Morgan fingerprint density at radius 3 is 2.74 bits per heavy atom. The first-order chi connectivity index (χ1) is 9.24. The second-order valence-electron chi connectivity index (χ2n) is 4.38. The summed E-state index contributed by atoms with van der Waals surface area (Å²) in [5, 5.41) is 8.15. The zero-order valence-electron chi connectivity index (χ0n) is 10.6. The van der Waals surface area contributed by atoms with Crippen molar-refractivity contribution in [3.05, 3.63) is 54.0 Å². The molecule has 2 aromatic heterocycles. The smallest absolute Gasteiger partial charge is 0.184 e. The number of fused-ring (bicyclic) bond motifs is 1. The molecule has 0 atom stereocenters. The summed E-state index contributed by atoms with van der Waals surface area (Å²) in [4.78, 5) is 0. The third kappa shape index (κ3) is 2.22. The fourth-order valence-electron chi connectivity index (χ4n) is 1.87. The number of rotatable bonds is 3. The number of pyridine rings is 1. The standard InChI is InChI=1S/C14H14N4O/c1-10-4-6-11(7-5-10)19-9-13-16-17-14-12(15)3-2-8-18(13)14/h2-8H,9,15H2,1H3. The van der Waals surface area contributed by atoms with Crippen molar-refractivity contribution < 1.29 is 4.74 Å². The van der Waals surface area contributed by atoms with E-state index in [1.54, 1.807) is 6.07 Å². The Morgan fingerprint density at radius 1 is 1.16 bits per heavy atom. The first kappa shape index (κ1) is 11.5. The summed E-state index contributed by atoms with van der Waals surface area (Å²) in [5.41, 5.74) is 8.30. The number of nitrogen functional groups attached to an aromatic ring is 1. The normalized spacial score (nSPS) is 10.8. The lowest BCUT2D eigenvalue weighted by Gasteiger charge is -2.05. The van der Waals surface area contributed by atoms with Crippen LogP contribution in [0.5, 0.6) is 5.75 Å². The minimum Gasteiger partial charge on any atom is -0.486 e. The van der Waals surface area contributed by atoms with Crippen LogP contribution in [0.4, 0.5) is 5.69 Å². The van der Waals surface area contributed by atoms with E-state index in [4.69, 9.17) is 10.5 Å². The number of hydrogen-bond donors (Lipinski definition) is 1. The van der Waals surface area contributed by atoms with Crippen LogP contribution in [0.25, 0.3) is 5.65 Å². The summed E-state index contributed by atoms with van der Waals surface area (Å²) in [6, 6.07) is 11.6. The van der Waals surface area contributed by atoms with E-state index in [1.165, 1.54) is 5.56 Å². The largest absolute Gasteiger partial charge is 0.486 e. The minimum absolute atomic E-state index is 0.355. The maximum absolute atomic E-state index is 5.83. The monoisotopic (exact) mass is 254 g/mol. The van der Waals surface area contributed by atoms with Crippen molar-refractivity contribution in [2.24, 2.45) is 0 Å². The molecule has 0 spiro atoms. The van der Waals surface area contributed by atoms with Crippen molar-refractivity contribution in [3.8, 4) is 5.75 Å². The average molecular weight is 254 g/mol. The van der Waals surface area contributed by atoms with Gasteiger partial charge < -0.3 is 10.5 Å². The van der Waals surface area contributed by atoms with Crippen LogP contribution in [-0.2, 0) is 6.61 Å². The van der Waals surface area contributed by atoms with E-state index in [1.807, 2.05) is 47.9 Å². The van der Waals surface area contributed by atoms with Gasteiger partial charge in [0.15, 0.2) is 11.5 Å². The van der Waals surface area contributed by atoms with E-state index in [0.717, 1.165) is 11.6 Å². The van der Waals surface area contributed by atoms with E-state index in [9.17, 15) is 0 Å². The molecule has 1 aromatic carbocycles. The lowest BCUT2D eigenvalue weighted by atomic mass is 10.2. The average Bonchev–Trinajstić information content (AvgIpc) is 2.83. The molecule has 5 heteroatoms. The number of ether oxygens (including phenoxy) is 1. The van der Waals surface area contributed by atoms with Gasteiger partial charge in [-0.3, -0.25) is 4.40 Å². The molecular weight excluding hydrogens is 240 g/mol. The molecule has 19 heavy (non-hydrogen) atoms. The van der Waals surface area contributed by atoms with Gasteiger partial charge in [-0.05, 0) is 31.2 Å². The van der Waals surface area contributed by atoms with Crippen LogP contribution < -0.4 is 10.5 Å². The number of benzene rings is 1. The SMILES string of the molecule is Cc1ccc(OCc2nnc3c(N)cccn23)cc1. The van der Waals surface area contributed by atoms with Gasteiger partial charge in [0.05, 0.1) is 5.69 Å². The predicted molar refractivity (Wildman–Crippen MR) is 72.9 cm³/mol. The molecular formula is C14H14N4O. The van der Waals surface area contributed by atoms with Crippen molar-refractivity contribution in [1.82, 2.24) is 14.6 Å². The van der Waals surface area contributed by atoms with E-state index < -0.39 is 0 Å². The Kier molecular flexibility index (Phi) is 2.79. The van der Waals surface area contributed by atoms with E-state index in [2.05, 4.69) is 10.2 Å². The van der Waals surface area contributed by atoms with Gasteiger partial charge in [0, 0.05) is 6.20 Å². The molecule has 0 amide bonds. The van der Waals surface area contributed by atoms with Gasteiger partial charge in [-0.25, -0.2) is 0 Å². The molecule has 3 aromatic rings. The van der Waals surface area contributed by atoms with Crippen molar-refractivity contribution in [1.29, 1.82) is 0 Å². The quantitative estimate of drug-likeness (QED) is 0.778. The van der Waals surface area contributed by atoms with E-state index in [-0.39, 0.29) is 0 Å². The second kappa shape index (κ2) is 4.61. The topological polar surface area (TPSA) is 65.4 Å². The van der Waals surface area contributed by atoms with Gasteiger partial charge in [0.2, 0.25) is 0 Å². The van der Waals surface area contributed by atoms with E-state index in [0.29, 0.717) is 17.9 Å². The summed E-state index contributed by atoms with van der Waals surface area (Å²) < 4.78 is 7.53. The fraction of sp³-hybridized carbons (Fsp3) is 0.143. The number of nitrogens with zero attached hydrogens (tertiary/aromatic N) is 3. The Bertz CT molecular complexity index is 703. The lowest BCUT2D eigenvalue weighted by Crippen LogP contribution is -2.01. The molecule has 0 aliphatic rings. The Labute approximate surface area is 110 Å². The number of aromatic nitrogens is 3. The summed E-state index contributed by atoms with van der Waals surface area (Å²) >= 11 is 0. The Morgan fingerprint density at radius 2 is 1.95 bits per heavy atom. The van der Waals surface area contributed by atoms with Crippen LogP contribution in [-0.4, -0.2) is 14.6 Å². The van der Waals surface area contributed by atoms with Crippen LogP contribution in [0.1, 0.15) is 11.4 Å². The number of hydrogen-bond acceptors (Lipinski definition) is 4. The molecule has 96 valence electrons. The van der Waals surface area contributed by atoms with Crippen molar-refractivity contribution in [2.75, 3.05) is 5.73 Å². The fourth-order valence-corrected chi connectivity index (χ4v) is 1.87. The minimum atomic E-state index is 0.355. The highest BCUT2D eigenvalue weighted by atomic mass is 16.5. The number of nitrogens with two attached hydrogens (primary N) is 1. The van der Waals surface area contributed by atoms with Crippen molar-refractivity contribution >= 4 is 11.3 Å². The zero-order chi connectivity index (χ0) is 13.2. The van der Waals surface area contributed by atoms with E-state index >= 15 is 0 Å². The Balaban J connectivity index is 1.82. The second-order valence-corrected chi connectivity index (χ2v) is 4.38. The predicted octanol–water partition coefficient (Wildman–Crippen LogP) is 2.20. The maximum atomic E-state index is 5.83. The molecule has 0 bridgehead atoms. The van der Waals surface area contributed by atoms with Crippen LogP contribution in [0.15, 0.2) is 42.6 Å². The third-order valence-corrected chi connectivity index (χ3v) is 2.92. The highest BCUT2D eigenvalue weighted by Gasteiger charge is 2.07. The molecule has 5 nitrogen and oxygen atoms in total. The maximum Gasteiger partial charge on any atom is 0.184 e. The summed E-state index contributed by atoms with van der Waals surface area (Å²) in [5.74, 6) is 1.54. The highest BCUT2D eigenvalue weighted by molar-refractivity contribution is 5.63. The zero-order valence-corrected chi connectivity index (χ0v) is 10.6. The summed E-state index contributed by atoms with van der Waals surface area (Å²) in [6.45, 7) is 2.40. The number of anilines is 1. The van der Waals surface area contributed by atoms with Gasteiger partial charge in [0.25, 0.3) is 0 Å². The molecule has 0 saturated heterocycles. The molecule has 0 aliphatic carbocycles. The first-order valence-corrected chi connectivity index (χ1v) is 6.01. The Hall–Kier alpha value is -2.56. The van der Waals surface area contributed by atoms with Gasteiger partial charge in [-0.2, -0.15) is 0 Å². The van der Waals surface area contributed by atoms with Gasteiger partial charge in [-0.1, -0.05) is 17.7 Å². The molecule has 0 aliphatic heterocycles. The third-order valence-electron chi connectivity index (χ3n) is 2.92.